The molecule has 31 heavy (non-hydrogen) atoms. The van der Waals surface area contributed by atoms with E-state index < -0.39 is 17.8 Å². The van der Waals surface area contributed by atoms with Crippen molar-refractivity contribution in [1.29, 1.82) is 0 Å². The molecule has 0 unspecified atom stereocenters. The number of amides is 4. The van der Waals surface area contributed by atoms with Crippen molar-refractivity contribution in [3.05, 3.63) is 47.5 Å². The number of carbonyl (C=O) groups is 3. The molecule has 156 valence electrons. The second-order valence-corrected chi connectivity index (χ2v) is 6.40. The van der Waals surface area contributed by atoms with E-state index in [1.807, 2.05) is 0 Å². The molecule has 2 aromatic rings. The van der Waals surface area contributed by atoms with Crippen molar-refractivity contribution in [1.82, 2.24) is 5.32 Å². The molecule has 2 aliphatic heterocycles. The summed E-state index contributed by atoms with van der Waals surface area (Å²) in [5.74, 6) is 2.46. The van der Waals surface area contributed by atoms with Gasteiger partial charge < -0.3 is 18.9 Å². The molecule has 1 saturated heterocycles. The van der Waals surface area contributed by atoms with Gasteiger partial charge in [-0.2, -0.15) is 0 Å². The van der Waals surface area contributed by atoms with E-state index in [-0.39, 0.29) is 24.7 Å². The van der Waals surface area contributed by atoms with Crippen LogP contribution in [0.5, 0.6) is 23.0 Å². The van der Waals surface area contributed by atoms with Gasteiger partial charge in [-0.15, -0.1) is 6.42 Å². The van der Waals surface area contributed by atoms with Crippen LogP contribution in [-0.4, -0.2) is 38.4 Å². The van der Waals surface area contributed by atoms with E-state index in [9.17, 15) is 14.4 Å². The highest BCUT2D eigenvalue weighted by atomic mass is 16.7. The molecule has 0 radical (unpaired) electrons. The van der Waals surface area contributed by atoms with Crippen LogP contribution in [0.25, 0.3) is 6.08 Å². The van der Waals surface area contributed by atoms with Gasteiger partial charge in [-0.25, -0.2) is 9.69 Å². The number of urea groups is 1. The summed E-state index contributed by atoms with van der Waals surface area (Å²) >= 11 is 0. The molecule has 0 aliphatic carbocycles. The van der Waals surface area contributed by atoms with Gasteiger partial charge in [0.1, 0.15) is 12.2 Å². The minimum absolute atomic E-state index is 0.0471. The second kappa shape index (κ2) is 8.12. The van der Waals surface area contributed by atoms with Gasteiger partial charge in [0.05, 0.1) is 12.8 Å². The third kappa shape index (κ3) is 3.74. The normalized spacial score (nSPS) is 16.2. The fraction of sp³-hybridized carbons (Fsp3) is 0.136. The number of ether oxygens (including phenoxy) is 4. The zero-order valence-electron chi connectivity index (χ0n) is 16.3. The van der Waals surface area contributed by atoms with Gasteiger partial charge >= 0.3 is 6.03 Å². The van der Waals surface area contributed by atoms with Crippen LogP contribution in [-0.2, 0) is 9.59 Å². The quantitative estimate of drug-likeness (QED) is 0.449. The Hall–Kier alpha value is -4.45. The monoisotopic (exact) mass is 420 g/mol. The Labute approximate surface area is 177 Å². The van der Waals surface area contributed by atoms with Crippen LogP contribution in [0.15, 0.2) is 42.0 Å². The summed E-state index contributed by atoms with van der Waals surface area (Å²) < 4.78 is 21.2. The molecule has 1 N–H and O–H groups in total. The number of hydrogen-bond donors (Lipinski definition) is 1. The molecule has 2 aliphatic rings. The fourth-order valence-electron chi connectivity index (χ4n) is 3.10. The molecule has 2 aromatic carbocycles. The van der Waals surface area contributed by atoms with Crippen LogP contribution in [0.4, 0.5) is 10.5 Å². The lowest BCUT2D eigenvalue weighted by Gasteiger charge is -2.26. The van der Waals surface area contributed by atoms with E-state index in [2.05, 4.69) is 11.2 Å². The predicted octanol–water partition coefficient (Wildman–Crippen LogP) is 2.10. The molecule has 4 rings (SSSR count). The van der Waals surface area contributed by atoms with Crippen molar-refractivity contribution in [2.75, 3.05) is 25.4 Å². The number of methoxy groups -OCH3 is 1. The molecule has 0 atom stereocenters. The lowest BCUT2D eigenvalue weighted by atomic mass is 10.1. The van der Waals surface area contributed by atoms with Gasteiger partial charge in [-0.3, -0.25) is 14.9 Å². The van der Waals surface area contributed by atoms with Crippen LogP contribution < -0.4 is 29.2 Å². The van der Waals surface area contributed by atoms with E-state index >= 15 is 0 Å². The highest BCUT2D eigenvalue weighted by Crippen LogP contribution is 2.36. The fourth-order valence-corrected chi connectivity index (χ4v) is 3.10. The first-order chi connectivity index (χ1) is 15.0. The molecule has 2 heterocycles. The standard InChI is InChI=1S/C22H16N2O7/c1-3-8-29-16-6-4-13(10-18(16)28-2)9-15-20(25)23-22(27)24(21(15)26)14-5-7-17-19(11-14)31-12-30-17/h1,4-7,9-11H,8,12H2,2H3,(H,23,25,27). The van der Waals surface area contributed by atoms with Crippen LogP contribution in [0.2, 0.25) is 0 Å². The molecule has 9 nitrogen and oxygen atoms in total. The summed E-state index contributed by atoms with van der Waals surface area (Å²) in [4.78, 5) is 38.7. The summed E-state index contributed by atoms with van der Waals surface area (Å²) in [6.07, 6.45) is 6.56. The van der Waals surface area contributed by atoms with Crippen LogP contribution in [0, 0.1) is 12.3 Å². The zero-order valence-corrected chi connectivity index (χ0v) is 16.3. The van der Waals surface area contributed by atoms with E-state index in [0.717, 1.165) is 4.90 Å². The molecule has 1 fully saturated rings. The third-order valence-corrected chi connectivity index (χ3v) is 4.53. The summed E-state index contributed by atoms with van der Waals surface area (Å²) in [5.41, 5.74) is 0.501. The first-order valence-corrected chi connectivity index (χ1v) is 9.07. The zero-order chi connectivity index (χ0) is 22.0. The summed E-state index contributed by atoms with van der Waals surface area (Å²) in [6.45, 7) is 0.107. The Morgan fingerprint density at radius 3 is 2.71 bits per heavy atom. The number of terminal acetylenes is 1. The third-order valence-electron chi connectivity index (χ3n) is 4.53. The van der Waals surface area contributed by atoms with Crippen molar-refractivity contribution < 1.29 is 33.3 Å². The van der Waals surface area contributed by atoms with Crippen LogP contribution >= 0.6 is 0 Å². The van der Waals surface area contributed by atoms with Crippen molar-refractivity contribution in [2.45, 2.75) is 0 Å². The second-order valence-electron chi connectivity index (χ2n) is 6.40. The molecular weight excluding hydrogens is 404 g/mol. The van der Waals surface area contributed by atoms with Crippen molar-refractivity contribution in [3.8, 4) is 35.3 Å². The Morgan fingerprint density at radius 1 is 1.13 bits per heavy atom. The molecule has 0 bridgehead atoms. The number of nitrogens with one attached hydrogen (secondary N) is 1. The smallest absolute Gasteiger partial charge is 0.335 e. The topological polar surface area (TPSA) is 103 Å². The number of fused-ring (bicyclic) bond motifs is 1. The van der Waals surface area contributed by atoms with Crippen molar-refractivity contribution >= 4 is 29.6 Å². The van der Waals surface area contributed by atoms with Gasteiger partial charge in [0.2, 0.25) is 6.79 Å². The minimum Gasteiger partial charge on any atom is -0.493 e. The van der Waals surface area contributed by atoms with Gasteiger partial charge in [-0.1, -0.05) is 12.0 Å². The number of anilines is 1. The molecule has 0 saturated carbocycles. The summed E-state index contributed by atoms with van der Waals surface area (Å²) in [5, 5.41) is 2.17. The molecule has 0 spiro atoms. The number of imide groups is 2. The highest BCUT2D eigenvalue weighted by molar-refractivity contribution is 6.39. The Bertz CT molecular complexity index is 1160. The SMILES string of the molecule is C#CCOc1ccc(C=C2C(=O)NC(=O)N(c3ccc4c(c3)OCO4)C2=O)cc1OC. The Kier molecular flexibility index (Phi) is 5.20. The maximum atomic E-state index is 13.0. The number of benzene rings is 2. The molecule has 9 heteroatoms. The van der Waals surface area contributed by atoms with Crippen molar-refractivity contribution in [3.63, 3.8) is 0 Å². The van der Waals surface area contributed by atoms with Crippen LogP contribution in [0.3, 0.4) is 0 Å². The minimum atomic E-state index is -0.860. The number of hydrogen-bond acceptors (Lipinski definition) is 7. The molecule has 0 aromatic heterocycles. The predicted molar refractivity (Wildman–Crippen MR) is 109 cm³/mol. The molecule has 4 amide bonds. The average Bonchev–Trinajstić information content (AvgIpc) is 3.23. The number of barbiturate groups is 1. The van der Waals surface area contributed by atoms with E-state index in [0.29, 0.717) is 28.6 Å². The molecular formula is C22H16N2O7. The van der Waals surface area contributed by atoms with Crippen molar-refractivity contribution in [2.24, 2.45) is 0 Å². The highest BCUT2D eigenvalue weighted by Gasteiger charge is 2.37. The Morgan fingerprint density at radius 2 is 1.94 bits per heavy atom. The number of carbonyl (C=O) groups excluding carboxylic acids is 3. The number of rotatable bonds is 5. The maximum Gasteiger partial charge on any atom is 0.335 e. The van der Waals surface area contributed by atoms with E-state index in [1.54, 1.807) is 24.3 Å². The summed E-state index contributed by atoms with van der Waals surface area (Å²) in [7, 11) is 1.45. The first-order valence-electron chi connectivity index (χ1n) is 9.07. The first kappa shape index (κ1) is 19.8. The van der Waals surface area contributed by atoms with Gasteiger partial charge in [-0.05, 0) is 35.9 Å². The van der Waals surface area contributed by atoms with Crippen LogP contribution in [0.1, 0.15) is 5.56 Å². The lowest BCUT2D eigenvalue weighted by Crippen LogP contribution is -2.54. The van der Waals surface area contributed by atoms with E-state index in [1.165, 1.54) is 25.3 Å². The maximum absolute atomic E-state index is 13.0. The van der Waals surface area contributed by atoms with E-state index in [4.69, 9.17) is 25.4 Å². The number of nitrogens with zero attached hydrogens (tertiary/aromatic N) is 1. The van der Waals surface area contributed by atoms with Gasteiger partial charge in [0.15, 0.2) is 23.0 Å². The van der Waals surface area contributed by atoms with Gasteiger partial charge in [0, 0.05) is 6.07 Å². The van der Waals surface area contributed by atoms with Gasteiger partial charge in [0.25, 0.3) is 11.8 Å². The Balaban J connectivity index is 1.67. The summed E-state index contributed by atoms with van der Waals surface area (Å²) in [6, 6.07) is 8.56. The lowest BCUT2D eigenvalue weighted by molar-refractivity contribution is -0.122. The largest absolute Gasteiger partial charge is 0.493 e. The average molecular weight is 420 g/mol.